The number of anilines is 1. The predicted octanol–water partition coefficient (Wildman–Crippen LogP) is 3.48. The Bertz CT molecular complexity index is 937. The van der Waals surface area contributed by atoms with Gasteiger partial charge < -0.3 is 14.7 Å². The largest absolute Gasteiger partial charge is 0.497 e. The third kappa shape index (κ3) is 2.47. The van der Waals surface area contributed by atoms with Crippen molar-refractivity contribution in [3.05, 3.63) is 95.6 Å². The van der Waals surface area contributed by atoms with E-state index in [1.807, 2.05) is 66.7 Å². The first-order valence-corrected chi connectivity index (χ1v) is 8.47. The first-order chi connectivity index (χ1) is 12.6. The van der Waals surface area contributed by atoms with Gasteiger partial charge in [-0.3, -0.25) is 4.79 Å². The maximum Gasteiger partial charge on any atom is 0.268 e. The van der Waals surface area contributed by atoms with Gasteiger partial charge in [-0.2, -0.15) is 0 Å². The van der Waals surface area contributed by atoms with Crippen LogP contribution in [-0.4, -0.2) is 18.1 Å². The van der Waals surface area contributed by atoms with Gasteiger partial charge >= 0.3 is 0 Å². The highest BCUT2D eigenvalue weighted by Crippen LogP contribution is 2.44. The number of carbonyl (C=O) groups is 1. The molecule has 130 valence electrons. The third-order valence-corrected chi connectivity index (χ3v) is 4.83. The lowest BCUT2D eigenvalue weighted by Gasteiger charge is -2.23. The molecule has 1 atom stereocenters. The Hall–Kier alpha value is -3.11. The molecular weight excluding hydrogens is 326 g/mol. The van der Waals surface area contributed by atoms with Crippen LogP contribution in [0.3, 0.4) is 0 Å². The summed E-state index contributed by atoms with van der Waals surface area (Å²) >= 11 is 0. The molecule has 3 aromatic carbocycles. The van der Waals surface area contributed by atoms with Crippen LogP contribution < -0.4 is 9.64 Å². The highest BCUT2D eigenvalue weighted by Gasteiger charge is 2.50. The molecule has 1 amide bonds. The number of para-hydroxylation sites is 1. The molecule has 0 saturated heterocycles. The van der Waals surface area contributed by atoms with E-state index in [0.29, 0.717) is 17.7 Å². The molecule has 0 spiro atoms. The van der Waals surface area contributed by atoms with Crippen molar-refractivity contribution in [3.63, 3.8) is 0 Å². The number of hydrogen-bond acceptors (Lipinski definition) is 3. The summed E-state index contributed by atoms with van der Waals surface area (Å²) in [6.45, 7) is 0.384. The number of benzene rings is 3. The molecule has 4 nitrogen and oxygen atoms in total. The van der Waals surface area contributed by atoms with Crippen LogP contribution in [0.4, 0.5) is 5.69 Å². The standard InChI is InChI=1S/C22H19NO3/c1-26-18-13-11-16(12-14-18)15-23-20-10-6-5-9-19(20)22(25,21(23)24)17-7-3-2-4-8-17/h2-14,25H,15H2,1H3. The van der Waals surface area contributed by atoms with E-state index in [9.17, 15) is 9.90 Å². The highest BCUT2D eigenvalue weighted by molar-refractivity contribution is 6.09. The molecular formula is C22H19NO3. The minimum atomic E-state index is -1.66. The minimum Gasteiger partial charge on any atom is -0.497 e. The molecule has 4 heteroatoms. The van der Waals surface area contributed by atoms with E-state index in [4.69, 9.17) is 4.74 Å². The van der Waals surface area contributed by atoms with Gasteiger partial charge in [-0.25, -0.2) is 0 Å². The maximum atomic E-state index is 13.3. The van der Waals surface area contributed by atoms with Gasteiger partial charge in [-0.05, 0) is 29.3 Å². The Morgan fingerprint density at radius 3 is 2.27 bits per heavy atom. The summed E-state index contributed by atoms with van der Waals surface area (Å²) in [5, 5.41) is 11.4. The molecule has 1 aliphatic heterocycles. The molecule has 1 unspecified atom stereocenters. The Kier molecular flexibility index (Phi) is 3.98. The summed E-state index contributed by atoms with van der Waals surface area (Å²) in [7, 11) is 1.62. The number of ether oxygens (including phenoxy) is 1. The van der Waals surface area contributed by atoms with Crippen molar-refractivity contribution in [1.29, 1.82) is 0 Å². The van der Waals surface area contributed by atoms with Crippen LogP contribution in [0.5, 0.6) is 5.75 Å². The predicted molar refractivity (Wildman–Crippen MR) is 100 cm³/mol. The zero-order valence-electron chi connectivity index (χ0n) is 14.4. The quantitative estimate of drug-likeness (QED) is 0.788. The van der Waals surface area contributed by atoms with Gasteiger partial charge in [0.05, 0.1) is 19.3 Å². The monoisotopic (exact) mass is 345 g/mol. The van der Waals surface area contributed by atoms with Crippen molar-refractivity contribution in [2.75, 3.05) is 12.0 Å². The van der Waals surface area contributed by atoms with Crippen LogP contribution in [0, 0.1) is 0 Å². The summed E-state index contributed by atoms with van der Waals surface area (Å²) in [4.78, 5) is 14.9. The van der Waals surface area contributed by atoms with Gasteiger partial charge in [-0.1, -0.05) is 60.7 Å². The Balaban J connectivity index is 1.76. The molecule has 3 aromatic rings. The maximum absolute atomic E-state index is 13.3. The van der Waals surface area contributed by atoms with Crippen LogP contribution in [0.15, 0.2) is 78.9 Å². The molecule has 26 heavy (non-hydrogen) atoms. The summed E-state index contributed by atoms with van der Waals surface area (Å²) in [6, 6.07) is 24.1. The summed E-state index contributed by atoms with van der Waals surface area (Å²) in [5.74, 6) is 0.434. The molecule has 0 fully saturated rings. The van der Waals surface area contributed by atoms with E-state index in [-0.39, 0.29) is 5.91 Å². The molecule has 4 rings (SSSR count). The number of fused-ring (bicyclic) bond motifs is 1. The normalized spacial score (nSPS) is 18.7. The van der Waals surface area contributed by atoms with E-state index in [0.717, 1.165) is 17.0 Å². The molecule has 0 radical (unpaired) electrons. The number of carbonyl (C=O) groups excluding carboxylic acids is 1. The van der Waals surface area contributed by atoms with Crippen molar-refractivity contribution in [2.45, 2.75) is 12.1 Å². The lowest BCUT2D eigenvalue weighted by atomic mass is 9.88. The fraction of sp³-hybridized carbons (Fsp3) is 0.136. The van der Waals surface area contributed by atoms with Crippen LogP contribution in [-0.2, 0) is 16.9 Å². The molecule has 0 bridgehead atoms. The van der Waals surface area contributed by atoms with Gasteiger partial charge in [-0.15, -0.1) is 0 Å². The van der Waals surface area contributed by atoms with Crippen molar-refractivity contribution >= 4 is 11.6 Å². The number of amides is 1. The second kappa shape index (κ2) is 6.32. The van der Waals surface area contributed by atoms with E-state index >= 15 is 0 Å². The average molecular weight is 345 g/mol. The number of nitrogens with zero attached hydrogens (tertiary/aromatic N) is 1. The number of rotatable bonds is 4. The average Bonchev–Trinajstić information content (AvgIpc) is 2.92. The van der Waals surface area contributed by atoms with Gasteiger partial charge in [0.1, 0.15) is 5.75 Å². The minimum absolute atomic E-state index is 0.333. The van der Waals surface area contributed by atoms with E-state index in [1.54, 1.807) is 24.1 Å². The van der Waals surface area contributed by atoms with Crippen molar-refractivity contribution in [2.24, 2.45) is 0 Å². The van der Waals surface area contributed by atoms with E-state index in [1.165, 1.54) is 0 Å². The number of aliphatic hydroxyl groups is 1. The van der Waals surface area contributed by atoms with Crippen molar-refractivity contribution in [1.82, 2.24) is 0 Å². The SMILES string of the molecule is COc1ccc(CN2C(=O)C(O)(c3ccccc3)c3ccccc32)cc1. The fourth-order valence-electron chi connectivity index (χ4n) is 3.46. The van der Waals surface area contributed by atoms with Gasteiger partial charge in [0.2, 0.25) is 0 Å². The topological polar surface area (TPSA) is 49.8 Å². The molecule has 0 aliphatic carbocycles. The summed E-state index contributed by atoms with van der Waals surface area (Å²) < 4.78 is 5.19. The lowest BCUT2D eigenvalue weighted by Crippen LogP contribution is -2.40. The fourth-order valence-corrected chi connectivity index (χ4v) is 3.46. The molecule has 1 N–H and O–H groups in total. The Morgan fingerprint density at radius 1 is 0.923 bits per heavy atom. The number of hydrogen-bond donors (Lipinski definition) is 1. The number of methoxy groups -OCH3 is 1. The van der Waals surface area contributed by atoms with E-state index < -0.39 is 5.60 Å². The second-order valence-corrected chi connectivity index (χ2v) is 6.33. The summed E-state index contributed by atoms with van der Waals surface area (Å²) in [5.41, 5.74) is 1.23. The lowest BCUT2D eigenvalue weighted by molar-refractivity contribution is -0.132. The van der Waals surface area contributed by atoms with Crippen molar-refractivity contribution in [3.8, 4) is 5.75 Å². The molecule has 1 aliphatic rings. The first-order valence-electron chi connectivity index (χ1n) is 8.47. The highest BCUT2D eigenvalue weighted by atomic mass is 16.5. The van der Waals surface area contributed by atoms with Gasteiger partial charge in [0, 0.05) is 5.56 Å². The third-order valence-electron chi connectivity index (χ3n) is 4.83. The van der Waals surface area contributed by atoms with Crippen LogP contribution in [0.1, 0.15) is 16.7 Å². The first kappa shape index (κ1) is 16.4. The smallest absolute Gasteiger partial charge is 0.268 e. The molecule has 0 saturated carbocycles. The zero-order valence-corrected chi connectivity index (χ0v) is 14.4. The van der Waals surface area contributed by atoms with E-state index in [2.05, 4.69) is 0 Å². The van der Waals surface area contributed by atoms with Crippen molar-refractivity contribution < 1.29 is 14.6 Å². The second-order valence-electron chi connectivity index (χ2n) is 6.33. The molecule has 1 heterocycles. The Labute approximate surface area is 152 Å². The van der Waals surface area contributed by atoms with Crippen LogP contribution in [0.25, 0.3) is 0 Å². The van der Waals surface area contributed by atoms with Gasteiger partial charge in [0.15, 0.2) is 5.60 Å². The van der Waals surface area contributed by atoms with Crippen LogP contribution in [0.2, 0.25) is 0 Å². The van der Waals surface area contributed by atoms with Crippen LogP contribution >= 0.6 is 0 Å². The molecule has 0 aromatic heterocycles. The summed E-state index contributed by atoms with van der Waals surface area (Å²) in [6.07, 6.45) is 0. The Morgan fingerprint density at radius 2 is 1.58 bits per heavy atom. The zero-order chi connectivity index (χ0) is 18.1. The van der Waals surface area contributed by atoms with Gasteiger partial charge in [0.25, 0.3) is 5.91 Å².